The summed E-state index contributed by atoms with van der Waals surface area (Å²) < 4.78 is 0. The lowest BCUT2D eigenvalue weighted by molar-refractivity contribution is 0.648. The lowest BCUT2D eigenvalue weighted by Gasteiger charge is -2.22. The van der Waals surface area contributed by atoms with Gasteiger partial charge in [-0.15, -0.1) is 0 Å². The molecule has 0 unspecified atom stereocenters. The maximum absolute atomic E-state index is 5.60. The van der Waals surface area contributed by atoms with E-state index in [0.717, 1.165) is 12.1 Å². The first kappa shape index (κ1) is 18.2. The molecule has 3 aromatic carbocycles. The molecule has 0 fully saturated rings. The number of aryl methyl sites for hydroxylation is 2. The van der Waals surface area contributed by atoms with E-state index < -0.39 is 0 Å². The molecule has 0 aliphatic carbocycles. The molecule has 26 heavy (non-hydrogen) atoms. The lowest BCUT2D eigenvalue weighted by Crippen LogP contribution is -2.33. The van der Waals surface area contributed by atoms with Gasteiger partial charge in [-0.2, -0.15) is 0 Å². The van der Waals surface area contributed by atoms with E-state index in [1.165, 1.54) is 22.3 Å². The van der Waals surface area contributed by atoms with Gasteiger partial charge in [-0.1, -0.05) is 78.4 Å². The molecule has 0 aliphatic rings. The van der Waals surface area contributed by atoms with Crippen LogP contribution >= 0.6 is 12.2 Å². The molecule has 0 bridgehead atoms. The van der Waals surface area contributed by atoms with E-state index >= 15 is 0 Å². The van der Waals surface area contributed by atoms with Gasteiger partial charge < -0.3 is 10.6 Å². The minimum absolute atomic E-state index is 0.115. The van der Waals surface area contributed by atoms with Crippen molar-refractivity contribution in [2.75, 3.05) is 5.32 Å². The predicted octanol–water partition coefficient (Wildman–Crippen LogP) is 5.57. The highest BCUT2D eigenvalue weighted by Crippen LogP contribution is 2.20. The molecule has 0 spiro atoms. The van der Waals surface area contributed by atoms with Gasteiger partial charge in [0.2, 0.25) is 0 Å². The molecule has 0 saturated carbocycles. The van der Waals surface area contributed by atoms with Gasteiger partial charge in [-0.05, 0) is 55.2 Å². The van der Waals surface area contributed by atoms with Crippen molar-refractivity contribution in [3.05, 3.63) is 101 Å². The highest BCUT2D eigenvalue weighted by atomic mass is 32.1. The van der Waals surface area contributed by atoms with Crippen molar-refractivity contribution in [2.24, 2.45) is 0 Å². The molecular weight excluding hydrogens is 336 g/mol. The predicted molar refractivity (Wildman–Crippen MR) is 115 cm³/mol. The largest absolute Gasteiger partial charge is 0.355 e. The molecule has 0 radical (unpaired) electrons. The molecule has 0 saturated heterocycles. The maximum Gasteiger partial charge on any atom is 0.171 e. The third-order valence-corrected chi connectivity index (χ3v) is 4.64. The fourth-order valence-electron chi connectivity index (χ4n) is 3.06. The lowest BCUT2D eigenvalue weighted by atomic mass is 9.99. The Bertz CT molecular complexity index is 860. The molecule has 0 aliphatic heterocycles. The Labute approximate surface area is 161 Å². The van der Waals surface area contributed by atoms with Crippen molar-refractivity contribution < 1.29 is 0 Å². The van der Waals surface area contributed by atoms with Gasteiger partial charge >= 0.3 is 0 Å². The first-order chi connectivity index (χ1) is 12.6. The third kappa shape index (κ3) is 4.93. The third-order valence-electron chi connectivity index (χ3n) is 4.42. The van der Waals surface area contributed by atoms with Gasteiger partial charge in [0.1, 0.15) is 0 Å². The Morgan fingerprint density at radius 1 is 0.885 bits per heavy atom. The topological polar surface area (TPSA) is 24.1 Å². The van der Waals surface area contributed by atoms with Gasteiger partial charge in [0.05, 0.1) is 6.04 Å². The number of benzene rings is 3. The summed E-state index contributed by atoms with van der Waals surface area (Å²) in [4.78, 5) is 0. The molecule has 2 nitrogen and oxygen atoms in total. The van der Waals surface area contributed by atoms with Crippen LogP contribution in [0.3, 0.4) is 0 Å². The Kier molecular flexibility index (Phi) is 6.03. The zero-order valence-electron chi connectivity index (χ0n) is 15.2. The summed E-state index contributed by atoms with van der Waals surface area (Å²) in [7, 11) is 0. The van der Waals surface area contributed by atoms with Crippen LogP contribution < -0.4 is 10.6 Å². The van der Waals surface area contributed by atoms with E-state index in [2.05, 4.69) is 91.2 Å². The highest BCUT2D eigenvalue weighted by Gasteiger charge is 2.14. The molecule has 0 amide bonds. The summed E-state index contributed by atoms with van der Waals surface area (Å²) in [5.74, 6) is 0. The Morgan fingerprint density at radius 2 is 1.54 bits per heavy atom. The number of anilines is 1. The quantitative estimate of drug-likeness (QED) is 0.581. The van der Waals surface area contributed by atoms with Crippen LogP contribution in [0.25, 0.3) is 0 Å². The standard InChI is InChI=1S/C23H24N2S/c1-17-13-14-21(18(2)15-17)24-23(26)25-22(20-11-7-4-8-12-20)16-19-9-5-3-6-10-19/h3-15,22H,16H2,1-2H3,(H2,24,25,26)/t22-/m1/s1. The molecule has 3 heteroatoms. The second kappa shape index (κ2) is 8.63. The maximum atomic E-state index is 5.60. The van der Waals surface area contributed by atoms with Gasteiger partial charge in [0.15, 0.2) is 5.11 Å². The smallest absolute Gasteiger partial charge is 0.171 e. The van der Waals surface area contributed by atoms with Crippen molar-refractivity contribution in [2.45, 2.75) is 26.3 Å². The molecule has 132 valence electrons. The van der Waals surface area contributed by atoms with Crippen molar-refractivity contribution in [1.29, 1.82) is 0 Å². The molecule has 0 heterocycles. The summed E-state index contributed by atoms with van der Waals surface area (Å²) in [6.07, 6.45) is 0.875. The summed E-state index contributed by atoms with van der Waals surface area (Å²) in [5.41, 5.74) is 5.98. The van der Waals surface area contributed by atoms with Crippen LogP contribution in [0.4, 0.5) is 5.69 Å². The van der Waals surface area contributed by atoms with Gasteiger partial charge in [-0.3, -0.25) is 0 Å². The zero-order chi connectivity index (χ0) is 18.4. The van der Waals surface area contributed by atoms with Crippen molar-refractivity contribution in [1.82, 2.24) is 5.32 Å². The number of rotatable bonds is 5. The summed E-state index contributed by atoms with van der Waals surface area (Å²) >= 11 is 5.60. The zero-order valence-corrected chi connectivity index (χ0v) is 16.0. The van der Waals surface area contributed by atoms with Crippen LogP contribution in [0, 0.1) is 13.8 Å². The van der Waals surface area contributed by atoms with E-state index in [9.17, 15) is 0 Å². The van der Waals surface area contributed by atoms with Crippen molar-refractivity contribution in [3.8, 4) is 0 Å². The summed E-state index contributed by atoms with van der Waals surface area (Å²) in [6.45, 7) is 4.19. The van der Waals surface area contributed by atoms with E-state index in [1.807, 2.05) is 12.1 Å². The van der Waals surface area contributed by atoms with E-state index in [4.69, 9.17) is 12.2 Å². The van der Waals surface area contributed by atoms with Crippen LogP contribution in [0.5, 0.6) is 0 Å². The van der Waals surface area contributed by atoms with E-state index in [0.29, 0.717) is 5.11 Å². The summed E-state index contributed by atoms with van der Waals surface area (Å²) in [6, 6.07) is 27.4. The fraction of sp³-hybridized carbons (Fsp3) is 0.174. The number of hydrogen-bond acceptors (Lipinski definition) is 1. The monoisotopic (exact) mass is 360 g/mol. The molecule has 3 rings (SSSR count). The first-order valence-corrected chi connectivity index (χ1v) is 9.26. The minimum Gasteiger partial charge on any atom is -0.355 e. The summed E-state index contributed by atoms with van der Waals surface area (Å²) in [5, 5.41) is 7.48. The minimum atomic E-state index is 0.115. The fourth-order valence-corrected chi connectivity index (χ4v) is 3.31. The molecule has 1 atom stereocenters. The van der Waals surface area contributed by atoms with Crippen LogP contribution in [-0.4, -0.2) is 5.11 Å². The molecule has 2 N–H and O–H groups in total. The molecule has 3 aromatic rings. The normalized spacial score (nSPS) is 11.6. The van der Waals surface area contributed by atoms with Crippen LogP contribution in [0.1, 0.15) is 28.3 Å². The SMILES string of the molecule is Cc1ccc(NC(=S)N[C@H](Cc2ccccc2)c2ccccc2)c(C)c1. The Balaban J connectivity index is 1.75. The highest BCUT2D eigenvalue weighted by molar-refractivity contribution is 7.80. The van der Waals surface area contributed by atoms with Crippen LogP contribution in [0.2, 0.25) is 0 Å². The Morgan fingerprint density at radius 3 is 2.19 bits per heavy atom. The van der Waals surface area contributed by atoms with Crippen LogP contribution in [0.15, 0.2) is 78.9 Å². The molecule has 0 aromatic heterocycles. The molecular formula is C23H24N2S. The Hall–Kier alpha value is -2.65. The first-order valence-electron chi connectivity index (χ1n) is 8.85. The second-order valence-corrected chi connectivity index (χ2v) is 6.98. The average Bonchev–Trinajstić information content (AvgIpc) is 2.65. The average molecular weight is 361 g/mol. The number of thiocarbonyl (C=S) groups is 1. The second-order valence-electron chi connectivity index (χ2n) is 6.57. The van der Waals surface area contributed by atoms with Crippen molar-refractivity contribution >= 4 is 23.0 Å². The van der Waals surface area contributed by atoms with Crippen LogP contribution in [-0.2, 0) is 6.42 Å². The van der Waals surface area contributed by atoms with E-state index in [-0.39, 0.29) is 6.04 Å². The van der Waals surface area contributed by atoms with Crippen molar-refractivity contribution in [3.63, 3.8) is 0 Å². The van der Waals surface area contributed by atoms with Gasteiger partial charge in [0, 0.05) is 5.69 Å². The number of nitrogens with one attached hydrogen (secondary N) is 2. The number of hydrogen-bond donors (Lipinski definition) is 2. The van der Waals surface area contributed by atoms with Gasteiger partial charge in [0.25, 0.3) is 0 Å². The van der Waals surface area contributed by atoms with Gasteiger partial charge in [-0.25, -0.2) is 0 Å². The van der Waals surface area contributed by atoms with E-state index in [1.54, 1.807) is 0 Å².